The summed E-state index contributed by atoms with van der Waals surface area (Å²) in [6.45, 7) is 2.02. The zero-order valence-corrected chi connectivity index (χ0v) is 10.9. The molecule has 0 radical (unpaired) electrons. The zero-order valence-electron chi connectivity index (χ0n) is 10.1. The van der Waals surface area contributed by atoms with Gasteiger partial charge >= 0.3 is 5.97 Å². The molecule has 1 aliphatic rings. The molecular formula is C11H20O5S. The Kier molecular flexibility index (Phi) is 5.39. The molecule has 1 rings (SSSR count). The van der Waals surface area contributed by atoms with Gasteiger partial charge in [-0.2, -0.15) is 0 Å². The van der Waals surface area contributed by atoms with Crippen LogP contribution in [-0.4, -0.2) is 43.2 Å². The van der Waals surface area contributed by atoms with Crippen LogP contribution >= 0.6 is 0 Å². The fourth-order valence-corrected chi connectivity index (χ4v) is 3.57. The van der Waals surface area contributed by atoms with E-state index in [0.29, 0.717) is 19.3 Å². The second-order valence-corrected chi connectivity index (χ2v) is 6.71. The van der Waals surface area contributed by atoms with Crippen LogP contribution < -0.4 is 0 Å². The lowest BCUT2D eigenvalue weighted by Crippen LogP contribution is -2.26. The first-order valence-electron chi connectivity index (χ1n) is 6.03. The minimum absolute atomic E-state index is 0.0412. The third-order valence-corrected chi connectivity index (χ3v) is 4.67. The molecule has 0 aromatic heterocycles. The summed E-state index contributed by atoms with van der Waals surface area (Å²) in [5.41, 5.74) is 0. The minimum atomic E-state index is -3.10. The van der Waals surface area contributed by atoms with Crippen molar-refractivity contribution >= 4 is 15.8 Å². The summed E-state index contributed by atoms with van der Waals surface area (Å²) in [6, 6.07) is 0. The average molecular weight is 264 g/mol. The smallest absolute Gasteiger partial charge is 0.332 e. The van der Waals surface area contributed by atoms with Crippen LogP contribution in [0.25, 0.3) is 0 Å². The third kappa shape index (κ3) is 5.04. The Balaban J connectivity index is 2.36. The van der Waals surface area contributed by atoms with Gasteiger partial charge in [-0.1, -0.05) is 19.8 Å². The molecule has 2 unspecified atom stereocenters. The normalized spacial score (nSPS) is 25.0. The largest absolute Gasteiger partial charge is 0.479 e. The van der Waals surface area contributed by atoms with Crippen LogP contribution in [0.5, 0.6) is 0 Å². The molecule has 1 aliphatic heterocycles. The molecule has 1 N–H and O–H groups in total. The molecule has 0 amide bonds. The van der Waals surface area contributed by atoms with Crippen molar-refractivity contribution in [2.75, 3.05) is 11.5 Å². The molecule has 100 valence electrons. The van der Waals surface area contributed by atoms with Gasteiger partial charge < -0.3 is 9.84 Å². The van der Waals surface area contributed by atoms with E-state index in [-0.39, 0.29) is 11.5 Å². The van der Waals surface area contributed by atoms with Crippen LogP contribution in [0.4, 0.5) is 0 Å². The molecule has 0 aromatic rings. The Bertz CT molecular complexity index is 349. The number of ether oxygens (including phenoxy) is 1. The number of unbranched alkanes of at least 4 members (excludes halogenated alkanes) is 2. The monoisotopic (exact) mass is 264 g/mol. The Morgan fingerprint density at radius 1 is 1.35 bits per heavy atom. The molecule has 1 fully saturated rings. The molecular weight excluding hydrogens is 244 g/mol. The van der Waals surface area contributed by atoms with Gasteiger partial charge in [0, 0.05) is 0 Å². The van der Waals surface area contributed by atoms with Crippen LogP contribution in [0, 0.1) is 0 Å². The van der Waals surface area contributed by atoms with Crippen molar-refractivity contribution in [2.24, 2.45) is 0 Å². The number of sulfone groups is 1. The number of rotatable bonds is 7. The van der Waals surface area contributed by atoms with Gasteiger partial charge in [0.1, 0.15) is 0 Å². The van der Waals surface area contributed by atoms with Crippen molar-refractivity contribution in [2.45, 2.75) is 51.2 Å². The lowest BCUT2D eigenvalue weighted by Gasteiger charge is -2.11. The quantitative estimate of drug-likeness (QED) is 0.699. The summed E-state index contributed by atoms with van der Waals surface area (Å²) in [5.74, 6) is -0.866. The lowest BCUT2D eigenvalue weighted by atomic mass is 10.2. The van der Waals surface area contributed by atoms with E-state index >= 15 is 0 Å². The van der Waals surface area contributed by atoms with Crippen LogP contribution in [0.3, 0.4) is 0 Å². The second-order valence-electron chi connectivity index (χ2n) is 4.48. The molecule has 0 aliphatic carbocycles. The standard InChI is InChI=1S/C11H20O5S/c1-2-3-4-7-17(14,15)8-9-5-6-10(16-9)11(12)13/h9-10H,2-8H2,1H3,(H,12,13). The number of hydrogen-bond donors (Lipinski definition) is 1. The summed E-state index contributed by atoms with van der Waals surface area (Å²) in [7, 11) is -3.10. The van der Waals surface area contributed by atoms with E-state index in [0.717, 1.165) is 12.8 Å². The number of carboxylic acid groups (broad SMARTS) is 1. The summed E-state index contributed by atoms with van der Waals surface area (Å²) >= 11 is 0. The van der Waals surface area contributed by atoms with E-state index in [1.807, 2.05) is 6.92 Å². The predicted molar refractivity (Wildman–Crippen MR) is 63.7 cm³/mol. The first kappa shape index (κ1) is 14.4. The van der Waals surface area contributed by atoms with Crippen molar-refractivity contribution < 1.29 is 23.1 Å². The third-order valence-electron chi connectivity index (χ3n) is 2.88. The Labute approximate surface area is 102 Å². The maximum Gasteiger partial charge on any atom is 0.332 e. The van der Waals surface area contributed by atoms with Crippen LogP contribution in [0.15, 0.2) is 0 Å². The topological polar surface area (TPSA) is 80.7 Å². The van der Waals surface area contributed by atoms with E-state index in [2.05, 4.69) is 0 Å². The van der Waals surface area contributed by atoms with Gasteiger partial charge in [-0.25, -0.2) is 13.2 Å². The van der Waals surface area contributed by atoms with Crippen molar-refractivity contribution in [1.29, 1.82) is 0 Å². The van der Waals surface area contributed by atoms with E-state index < -0.39 is 28.0 Å². The first-order valence-corrected chi connectivity index (χ1v) is 7.85. The molecule has 1 saturated heterocycles. The number of carbonyl (C=O) groups is 1. The van der Waals surface area contributed by atoms with E-state index in [4.69, 9.17) is 9.84 Å². The van der Waals surface area contributed by atoms with Gasteiger partial charge in [0.15, 0.2) is 15.9 Å². The summed E-state index contributed by atoms with van der Waals surface area (Å²) in [4.78, 5) is 10.6. The number of hydrogen-bond acceptors (Lipinski definition) is 4. The van der Waals surface area contributed by atoms with Crippen LogP contribution in [0.2, 0.25) is 0 Å². The molecule has 6 heteroatoms. The van der Waals surface area contributed by atoms with E-state index in [1.165, 1.54) is 0 Å². The SMILES string of the molecule is CCCCCS(=O)(=O)CC1CCC(C(=O)O)O1. The molecule has 2 atom stereocenters. The maximum atomic E-state index is 11.7. The summed E-state index contributed by atoms with van der Waals surface area (Å²) < 4.78 is 28.6. The Hall–Kier alpha value is -0.620. The highest BCUT2D eigenvalue weighted by atomic mass is 32.2. The van der Waals surface area contributed by atoms with Crippen molar-refractivity contribution in [3.8, 4) is 0 Å². The molecule has 0 saturated carbocycles. The lowest BCUT2D eigenvalue weighted by molar-refractivity contribution is -0.148. The van der Waals surface area contributed by atoms with E-state index in [1.54, 1.807) is 0 Å². The highest BCUT2D eigenvalue weighted by Crippen LogP contribution is 2.21. The molecule has 17 heavy (non-hydrogen) atoms. The van der Waals surface area contributed by atoms with Gasteiger partial charge in [-0.15, -0.1) is 0 Å². The molecule has 0 spiro atoms. The van der Waals surface area contributed by atoms with Gasteiger partial charge in [0.2, 0.25) is 0 Å². The number of aliphatic carboxylic acids is 1. The van der Waals surface area contributed by atoms with Crippen LogP contribution in [0.1, 0.15) is 39.0 Å². The zero-order chi connectivity index (χ0) is 12.9. The van der Waals surface area contributed by atoms with Gasteiger partial charge in [0.05, 0.1) is 17.6 Å². The molecule has 0 bridgehead atoms. The molecule has 5 nitrogen and oxygen atoms in total. The highest BCUT2D eigenvalue weighted by molar-refractivity contribution is 7.91. The second kappa shape index (κ2) is 6.35. The summed E-state index contributed by atoms with van der Waals surface area (Å²) in [6.07, 6.45) is 2.22. The van der Waals surface area contributed by atoms with Crippen LogP contribution in [-0.2, 0) is 19.4 Å². The van der Waals surface area contributed by atoms with Crippen molar-refractivity contribution in [1.82, 2.24) is 0 Å². The average Bonchev–Trinajstić information content (AvgIpc) is 2.65. The first-order chi connectivity index (χ1) is 7.94. The van der Waals surface area contributed by atoms with E-state index in [9.17, 15) is 13.2 Å². The summed E-state index contributed by atoms with van der Waals surface area (Å²) in [5, 5.41) is 8.73. The maximum absolute atomic E-state index is 11.7. The highest BCUT2D eigenvalue weighted by Gasteiger charge is 2.32. The predicted octanol–water partition coefficient (Wildman–Crippen LogP) is 1.22. The fraction of sp³-hybridized carbons (Fsp3) is 0.909. The molecule has 1 heterocycles. The van der Waals surface area contributed by atoms with Gasteiger partial charge in [0.25, 0.3) is 0 Å². The molecule has 0 aromatic carbocycles. The fourth-order valence-electron chi connectivity index (χ4n) is 1.95. The van der Waals surface area contributed by atoms with Gasteiger partial charge in [-0.05, 0) is 19.3 Å². The minimum Gasteiger partial charge on any atom is -0.479 e. The van der Waals surface area contributed by atoms with Crippen molar-refractivity contribution in [3.63, 3.8) is 0 Å². The Morgan fingerprint density at radius 2 is 2.06 bits per heavy atom. The van der Waals surface area contributed by atoms with Crippen molar-refractivity contribution in [3.05, 3.63) is 0 Å². The Morgan fingerprint density at radius 3 is 2.59 bits per heavy atom. The number of carboxylic acids is 1. The van der Waals surface area contributed by atoms with Gasteiger partial charge in [-0.3, -0.25) is 0 Å².